The van der Waals surface area contributed by atoms with E-state index in [1.54, 1.807) is 0 Å². The topological polar surface area (TPSA) is 12.0 Å². The molecule has 0 aromatic rings. The predicted molar refractivity (Wildman–Crippen MR) is 65.7 cm³/mol. The summed E-state index contributed by atoms with van der Waals surface area (Å²) in [6.45, 7) is 6.58. The van der Waals surface area contributed by atoms with Crippen LogP contribution in [0.3, 0.4) is 0 Å². The van der Waals surface area contributed by atoms with Gasteiger partial charge in [-0.15, -0.1) is 0 Å². The van der Waals surface area contributed by atoms with Crippen molar-refractivity contribution in [2.45, 2.75) is 58.8 Å². The van der Waals surface area contributed by atoms with Crippen molar-refractivity contribution in [2.75, 3.05) is 13.1 Å². The van der Waals surface area contributed by atoms with Crippen LogP contribution in [-0.2, 0) is 0 Å². The molecule has 14 heavy (non-hydrogen) atoms. The van der Waals surface area contributed by atoms with Gasteiger partial charge in [0, 0.05) is 0 Å². The quantitative estimate of drug-likeness (QED) is 0.414. The van der Waals surface area contributed by atoms with Crippen LogP contribution >= 0.6 is 0 Å². The third-order valence-electron chi connectivity index (χ3n) is 2.46. The van der Waals surface area contributed by atoms with E-state index in [9.17, 15) is 0 Å². The van der Waals surface area contributed by atoms with Crippen molar-refractivity contribution in [2.24, 2.45) is 0 Å². The summed E-state index contributed by atoms with van der Waals surface area (Å²) < 4.78 is 0. The summed E-state index contributed by atoms with van der Waals surface area (Å²) in [5, 5.41) is 3.36. The van der Waals surface area contributed by atoms with Crippen molar-refractivity contribution < 1.29 is 0 Å². The molecule has 84 valence electrons. The van der Waals surface area contributed by atoms with Crippen LogP contribution in [0, 0.1) is 0 Å². The molecule has 0 saturated heterocycles. The Morgan fingerprint density at radius 3 is 2.21 bits per heavy atom. The molecule has 0 aromatic heterocycles. The molecule has 0 amide bonds. The van der Waals surface area contributed by atoms with Crippen molar-refractivity contribution in [3.8, 4) is 0 Å². The van der Waals surface area contributed by atoms with Crippen LogP contribution in [0.25, 0.3) is 0 Å². The maximum absolute atomic E-state index is 3.36. The van der Waals surface area contributed by atoms with E-state index in [1.807, 2.05) is 0 Å². The fourth-order valence-corrected chi connectivity index (χ4v) is 1.56. The first-order chi connectivity index (χ1) is 6.91. The average Bonchev–Trinajstić information content (AvgIpc) is 2.21. The van der Waals surface area contributed by atoms with Crippen molar-refractivity contribution in [1.82, 2.24) is 5.32 Å². The summed E-state index contributed by atoms with van der Waals surface area (Å²) in [5.74, 6) is 0. The molecule has 0 radical (unpaired) electrons. The molecule has 0 rings (SSSR count). The van der Waals surface area contributed by atoms with Crippen LogP contribution in [0.15, 0.2) is 12.2 Å². The Labute approximate surface area is 90.0 Å². The van der Waals surface area contributed by atoms with Gasteiger partial charge >= 0.3 is 0 Å². The molecule has 0 aliphatic rings. The van der Waals surface area contributed by atoms with E-state index in [-0.39, 0.29) is 0 Å². The second-order valence-corrected chi connectivity index (χ2v) is 3.83. The highest BCUT2D eigenvalue weighted by atomic mass is 14.8. The van der Waals surface area contributed by atoms with Gasteiger partial charge in [0.1, 0.15) is 0 Å². The number of rotatable bonds is 10. The Kier molecular flexibility index (Phi) is 12.4. The van der Waals surface area contributed by atoms with Crippen LogP contribution in [0.1, 0.15) is 58.8 Å². The minimum atomic E-state index is 1.11. The maximum atomic E-state index is 3.36. The highest BCUT2D eigenvalue weighted by Gasteiger charge is 1.90. The van der Waals surface area contributed by atoms with Crippen LogP contribution in [0.4, 0.5) is 0 Å². The largest absolute Gasteiger partial charge is 0.317 e. The molecule has 0 unspecified atom stereocenters. The monoisotopic (exact) mass is 197 g/mol. The van der Waals surface area contributed by atoms with E-state index in [1.165, 1.54) is 51.5 Å². The molecule has 1 nitrogen and oxygen atoms in total. The van der Waals surface area contributed by atoms with Gasteiger partial charge in [-0.2, -0.15) is 0 Å². The van der Waals surface area contributed by atoms with E-state index in [4.69, 9.17) is 0 Å². The molecular weight excluding hydrogens is 170 g/mol. The van der Waals surface area contributed by atoms with Crippen molar-refractivity contribution in [1.29, 1.82) is 0 Å². The summed E-state index contributed by atoms with van der Waals surface area (Å²) in [6.07, 6.45) is 14.1. The van der Waals surface area contributed by atoms with Crippen molar-refractivity contribution in [3.63, 3.8) is 0 Å². The van der Waals surface area contributed by atoms with Crippen LogP contribution in [0.2, 0.25) is 0 Å². The molecule has 1 N–H and O–H groups in total. The summed E-state index contributed by atoms with van der Waals surface area (Å²) in [6, 6.07) is 0. The Morgan fingerprint density at radius 1 is 0.929 bits per heavy atom. The van der Waals surface area contributed by atoms with Gasteiger partial charge in [0.15, 0.2) is 0 Å². The molecule has 0 aliphatic heterocycles. The SMILES string of the molecule is C/C=C\CCCCCCCCNCC. The van der Waals surface area contributed by atoms with Crippen molar-refractivity contribution in [3.05, 3.63) is 12.2 Å². The normalized spacial score (nSPS) is 11.3. The van der Waals surface area contributed by atoms with Crippen LogP contribution in [0.5, 0.6) is 0 Å². The van der Waals surface area contributed by atoms with E-state index in [0.717, 1.165) is 6.54 Å². The molecular formula is C13H27N. The zero-order valence-corrected chi connectivity index (χ0v) is 10.0. The molecule has 0 spiro atoms. The Balaban J connectivity index is 2.85. The first-order valence-corrected chi connectivity index (χ1v) is 6.23. The van der Waals surface area contributed by atoms with Gasteiger partial charge in [0.25, 0.3) is 0 Å². The third kappa shape index (κ3) is 11.7. The first kappa shape index (κ1) is 13.7. The third-order valence-corrected chi connectivity index (χ3v) is 2.46. The summed E-state index contributed by atoms with van der Waals surface area (Å²) >= 11 is 0. The minimum absolute atomic E-state index is 1.11. The molecule has 0 atom stereocenters. The fraction of sp³-hybridized carbons (Fsp3) is 0.846. The lowest BCUT2D eigenvalue weighted by atomic mass is 10.1. The van der Waals surface area contributed by atoms with E-state index in [2.05, 4.69) is 31.3 Å². The number of unbranched alkanes of at least 4 members (excludes halogenated alkanes) is 6. The number of hydrogen-bond donors (Lipinski definition) is 1. The second-order valence-electron chi connectivity index (χ2n) is 3.83. The molecule has 0 aliphatic carbocycles. The zero-order valence-electron chi connectivity index (χ0n) is 10.0. The summed E-state index contributed by atoms with van der Waals surface area (Å²) in [5.41, 5.74) is 0. The molecule has 0 fully saturated rings. The van der Waals surface area contributed by atoms with E-state index in [0.29, 0.717) is 0 Å². The lowest BCUT2D eigenvalue weighted by Gasteiger charge is -2.01. The van der Waals surface area contributed by atoms with E-state index >= 15 is 0 Å². The maximum Gasteiger partial charge on any atom is -0.00490 e. The standard InChI is InChI=1S/C13H27N/c1-3-5-6-7-8-9-10-11-12-13-14-4-2/h3,5,14H,4,6-13H2,1-2H3/b5-3-. The fourth-order valence-electron chi connectivity index (χ4n) is 1.56. The minimum Gasteiger partial charge on any atom is -0.317 e. The molecule has 0 aromatic carbocycles. The lowest BCUT2D eigenvalue weighted by Crippen LogP contribution is -2.13. The first-order valence-electron chi connectivity index (χ1n) is 6.23. The highest BCUT2D eigenvalue weighted by Crippen LogP contribution is 2.07. The van der Waals surface area contributed by atoms with Gasteiger partial charge < -0.3 is 5.32 Å². The van der Waals surface area contributed by atoms with Gasteiger partial charge in [-0.3, -0.25) is 0 Å². The van der Waals surface area contributed by atoms with Gasteiger partial charge in [-0.1, -0.05) is 44.8 Å². The van der Waals surface area contributed by atoms with Crippen LogP contribution < -0.4 is 5.32 Å². The number of hydrogen-bond acceptors (Lipinski definition) is 1. The number of nitrogens with one attached hydrogen (secondary N) is 1. The molecule has 0 saturated carbocycles. The van der Waals surface area contributed by atoms with Crippen molar-refractivity contribution >= 4 is 0 Å². The molecule has 0 heterocycles. The van der Waals surface area contributed by atoms with Gasteiger partial charge in [-0.05, 0) is 39.3 Å². The highest BCUT2D eigenvalue weighted by molar-refractivity contribution is 4.76. The van der Waals surface area contributed by atoms with Gasteiger partial charge in [0.05, 0.1) is 0 Å². The summed E-state index contributed by atoms with van der Waals surface area (Å²) in [4.78, 5) is 0. The smallest absolute Gasteiger partial charge is 0.00490 e. The average molecular weight is 197 g/mol. The van der Waals surface area contributed by atoms with Gasteiger partial charge in [0.2, 0.25) is 0 Å². The van der Waals surface area contributed by atoms with E-state index < -0.39 is 0 Å². The predicted octanol–water partition coefficient (Wildman–Crippen LogP) is 3.90. The Morgan fingerprint density at radius 2 is 1.57 bits per heavy atom. The Bertz CT molecular complexity index is 118. The van der Waals surface area contributed by atoms with Gasteiger partial charge in [-0.25, -0.2) is 0 Å². The summed E-state index contributed by atoms with van der Waals surface area (Å²) in [7, 11) is 0. The zero-order chi connectivity index (χ0) is 10.5. The Hall–Kier alpha value is -0.300. The lowest BCUT2D eigenvalue weighted by molar-refractivity contribution is 0.573. The van der Waals surface area contributed by atoms with Crippen LogP contribution in [-0.4, -0.2) is 13.1 Å². The molecule has 1 heteroatoms. The second kappa shape index (κ2) is 12.7. The number of allylic oxidation sites excluding steroid dienone is 2. The molecule has 0 bridgehead atoms.